The molecule has 5 heteroatoms. The molecule has 0 aromatic heterocycles. The third-order valence-electron chi connectivity index (χ3n) is 4.07. The topological polar surface area (TPSA) is 15.7 Å². The third-order valence-corrected chi connectivity index (χ3v) is 4.07. The minimum atomic E-state index is -0.336. The molecule has 1 aliphatic heterocycles. The van der Waals surface area contributed by atoms with Gasteiger partial charge in [0.15, 0.2) is 11.6 Å². The lowest BCUT2D eigenvalue weighted by Gasteiger charge is -2.36. The molecule has 1 fully saturated rings. The van der Waals surface area contributed by atoms with Crippen LogP contribution in [0.5, 0.6) is 5.75 Å². The highest BCUT2D eigenvalue weighted by molar-refractivity contribution is 5.47. The van der Waals surface area contributed by atoms with E-state index in [4.69, 9.17) is 4.74 Å². The molecule has 0 amide bonds. The van der Waals surface area contributed by atoms with Crippen LogP contribution in [0.15, 0.2) is 48.5 Å². The van der Waals surface area contributed by atoms with Gasteiger partial charge in [-0.05, 0) is 24.3 Å². The Morgan fingerprint density at radius 2 is 1.48 bits per heavy atom. The molecule has 0 saturated carbocycles. The predicted octanol–water partition coefficient (Wildman–Crippen LogP) is 3.17. The zero-order chi connectivity index (χ0) is 16.1. The number of hydrogen-bond donors (Lipinski definition) is 0. The molecule has 0 N–H and O–H groups in total. The average molecular weight is 318 g/mol. The smallest absolute Gasteiger partial charge is 0.165 e. The van der Waals surface area contributed by atoms with Gasteiger partial charge in [-0.3, -0.25) is 4.90 Å². The second-order valence-corrected chi connectivity index (χ2v) is 5.56. The number of para-hydroxylation sites is 2. The molecule has 0 atom stereocenters. The lowest BCUT2D eigenvalue weighted by Crippen LogP contribution is -2.47. The van der Waals surface area contributed by atoms with E-state index in [0.29, 0.717) is 12.3 Å². The Bertz CT molecular complexity index is 640. The van der Waals surface area contributed by atoms with E-state index < -0.39 is 0 Å². The van der Waals surface area contributed by atoms with Gasteiger partial charge in [0.25, 0.3) is 0 Å². The van der Waals surface area contributed by atoms with Crippen LogP contribution in [0.4, 0.5) is 14.5 Å². The summed E-state index contributed by atoms with van der Waals surface area (Å²) in [5.74, 6) is -0.224. The molecule has 2 aromatic carbocycles. The fourth-order valence-corrected chi connectivity index (χ4v) is 2.77. The first-order valence-corrected chi connectivity index (χ1v) is 7.83. The van der Waals surface area contributed by atoms with E-state index in [0.717, 1.165) is 32.7 Å². The van der Waals surface area contributed by atoms with Crippen LogP contribution >= 0.6 is 0 Å². The highest BCUT2D eigenvalue weighted by atomic mass is 19.1. The van der Waals surface area contributed by atoms with Crippen LogP contribution in [-0.2, 0) is 0 Å². The summed E-state index contributed by atoms with van der Waals surface area (Å²) in [5.41, 5.74) is 0.662. The summed E-state index contributed by atoms with van der Waals surface area (Å²) in [5, 5.41) is 0. The average Bonchev–Trinajstić information content (AvgIpc) is 2.58. The molecule has 1 heterocycles. The van der Waals surface area contributed by atoms with E-state index in [-0.39, 0.29) is 17.4 Å². The molecule has 0 unspecified atom stereocenters. The van der Waals surface area contributed by atoms with Crippen LogP contribution in [0.2, 0.25) is 0 Å². The number of anilines is 1. The highest BCUT2D eigenvalue weighted by Gasteiger charge is 2.19. The molecule has 122 valence electrons. The molecule has 0 spiro atoms. The Balaban J connectivity index is 1.45. The monoisotopic (exact) mass is 318 g/mol. The van der Waals surface area contributed by atoms with Crippen molar-refractivity contribution in [2.45, 2.75) is 0 Å². The first-order valence-electron chi connectivity index (χ1n) is 7.83. The maximum absolute atomic E-state index is 13.8. The summed E-state index contributed by atoms with van der Waals surface area (Å²) in [6, 6.07) is 13.3. The Kier molecular flexibility index (Phi) is 5.08. The number of piperazine rings is 1. The Morgan fingerprint density at radius 3 is 2.17 bits per heavy atom. The SMILES string of the molecule is Fc1ccccc1OCCN1CCN(c2ccccc2F)CC1. The lowest BCUT2D eigenvalue weighted by molar-refractivity contribution is 0.196. The van der Waals surface area contributed by atoms with Gasteiger partial charge < -0.3 is 9.64 Å². The van der Waals surface area contributed by atoms with Crippen molar-refractivity contribution in [1.29, 1.82) is 0 Å². The normalized spacial score (nSPS) is 15.7. The number of benzene rings is 2. The predicted molar refractivity (Wildman–Crippen MR) is 86.9 cm³/mol. The summed E-state index contributed by atoms with van der Waals surface area (Å²) in [6.45, 7) is 4.42. The number of halogens is 2. The van der Waals surface area contributed by atoms with Gasteiger partial charge >= 0.3 is 0 Å². The molecule has 0 radical (unpaired) electrons. The standard InChI is InChI=1S/C18H20F2N2O/c19-15-5-1-3-7-17(15)22-11-9-21(10-12-22)13-14-23-18-8-4-2-6-16(18)20/h1-8H,9-14H2. The van der Waals surface area contributed by atoms with Crippen molar-refractivity contribution in [3.05, 3.63) is 60.2 Å². The van der Waals surface area contributed by atoms with Gasteiger partial charge in [-0.2, -0.15) is 0 Å². The van der Waals surface area contributed by atoms with E-state index >= 15 is 0 Å². The maximum Gasteiger partial charge on any atom is 0.165 e. The van der Waals surface area contributed by atoms with Gasteiger partial charge in [0.2, 0.25) is 0 Å². The van der Waals surface area contributed by atoms with E-state index in [1.807, 2.05) is 12.1 Å². The molecular weight excluding hydrogens is 298 g/mol. The van der Waals surface area contributed by atoms with Crippen LogP contribution in [0, 0.1) is 11.6 Å². The van der Waals surface area contributed by atoms with Crippen molar-refractivity contribution in [3.8, 4) is 5.75 Å². The largest absolute Gasteiger partial charge is 0.489 e. The molecule has 1 saturated heterocycles. The van der Waals surface area contributed by atoms with E-state index in [2.05, 4.69) is 9.80 Å². The molecule has 1 aliphatic rings. The zero-order valence-corrected chi connectivity index (χ0v) is 12.9. The van der Waals surface area contributed by atoms with E-state index in [1.165, 1.54) is 12.1 Å². The van der Waals surface area contributed by atoms with Gasteiger partial charge in [-0.1, -0.05) is 24.3 Å². The first-order chi connectivity index (χ1) is 11.2. The van der Waals surface area contributed by atoms with Crippen molar-refractivity contribution >= 4 is 5.69 Å². The van der Waals surface area contributed by atoms with Crippen molar-refractivity contribution in [3.63, 3.8) is 0 Å². The molecule has 2 aromatic rings. The van der Waals surface area contributed by atoms with Crippen LogP contribution < -0.4 is 9.64 Å². The van der Waals surface area contributed by atoms with Crippen molar-refractivity contribution < 1.29 is 13.5 Å². The fourth-order valence-electron chi connectivity index (χ4n) is 2.77. The van der Waals surface area contributed by atoms with E-state index in [1.54, 1.807) is 24.3 Å². The minimum Gasteiger partial charge on any atom is -0.489 e. The van der Waals surface area contributed by atoms with Crippen LogP contribution in [0.3, 0.4) is 0 Å². The lowest BCUT2D eigenvalue weighted by atomic mass is 10.2. The molecule has 3 nitrogen and oxygen atoms in total. The summed E-state index contributed by atoms with van der Waals surface area (Å²) >= 11 is 0. The Labute approximate surface area is 135 Å². The highest BCUT2D eigenvalue weighted by Crippen LogP contribution is 2.20. The van der Waals surface area contributed by atoms with Gasteiger partial charge in [-0.25, -0.2) is 8.78 Å². The molecule has 3 rings (SSSR count). The molecule has 0 aliphatic carbocycles. The molecule has 23 heavy (non-hydrogen) atoms. The fraction of sp³-hybridized carbons (Fsp3) is 0.333. The number of rotatable bonds is 5. The molecular formula is C18H20F2N2O. The number of hydrogen-bond acceptors (Lipinski definition) is 3. The van der Waals surface area contributed by atoms with Crippen molar-refractivity contribution in [2.24, 2.45) is 0 Å². The number of ether oxygens (including phenoxy) is 1. The summed E-state index contributed by atoms with van der Waals surface area (Å²) in [7, 11) is 0. The quantitative estimate of drug-likeness (QED) is 0.842. The Hall–Kier alpha value is -2.14. The number of nitrogens with zero attached hydrogens (tertiary/aromatic N) is 2. The zero-order valence-electron chi connectivity index (χ0n) is 12.9. The van der Waals surface area contributed by atoms with Crippen LogP contribution in [-0.4, -0.2) is 44.2 Å². The van der Waals surface area contributed by atoms with Gasteiger partial charge in [0.05, 0.1) is 5.69 Å². The first kappa shape index (κ1) is 15.7. The maximum atomic E-state index is 13.8. The van der Waals surface area contributed by atoms with Gasteiger partial charge in [0, 0.05) is 32.7 Å². The minimum absolute atomic E-state index is 0.177. The van der Waals surface area contributed by atoms with Crippen molar-refractivity contribution in [2.75, 3.05) is 44.2 Å². The second kappa shape index (κ2) is 7.42. The second-order valence-electron chi connectivity index (χ2n) is 5.56. The van der Waals surface area contributed by atoms with E-state index in [9.17, 15) is 8.78 Å². The summed E-state index contributed by atoms with van der Waals surface area (Å²) in [4.78, 5) is 4.31. The third kappa shape index (κ3) is 3.99. The Morgan fingerprint density at radius 1 is 0.826 bits per heavy atom. The van der Waals surface area contributed by atoms with Gasteiger partial charge in [-0.15, -0.1) is 0 Å². The molecule has 0 bridgehead atoms. The summed E-state index contributed by atoms with van der Waals surface area (Å²) < 4.78 is 32.7. The van der Waals surface area contributed by atoms with Crippen LogP contribution in [0.25, 0.3) is 0 Å². The van der Waals surface area contributed by atoms with Crippen LogP contribution in [0.1, 0.15) is 0 Å². The van der Waals surface area contributed by atoms with Gasteiger partial charge in [0.1, 0.15) is 12.4 Å². The van der Waals surface area contributed by atoms with Crippen molar-refractivity contribution in [1.82, 2.24) is 4.90 Å². The summed E-state index contributed by atoms with van der Waals surface area (Å²) in [6.07, 6.45) is 0.